The van der Waals surface area contributed by atoms with Gasteiger partial charge in [-0.2, -0.15) is 0 Å². The number of carbonyl (C=O) groups is 2. The Labute approximate surface area is 105 Å². The van der Waals surface area contributed by atoms with Crippen LogP contribution < -0.4 is 15.2 Å². The van der Waals surface area contributed by atoms with Gasteiger partial charge in [0.2, 0.25) is 0 Å². The van der Waals surface area contributed by atoms with E-state index in [1.54, 1.807) is 18.2 Å². The standard InChI is InChI=1S/C12H15NO5/c1-7(11(13)14)18-12(15)10-8(16-2)5-4-6-9(10)17-3/h4-7H,1-3H3,(H2,13,14)/t7-/m0/s1. The molecule has 2 N–H and O–H groups in total. The van der Waals surface area contributed by atoms with E-state index in [-0.39, 0.29) is 5.56 Å². The van der Waals surface area contributed by atoms with E-state index in [4.69, 9.17) is 19.9 Å². The summed E-state index contributed by atoms with van der Waals surface area (Å²) < 4.78 is 15.0. The number of benzene rings is 1. The van der Waals surface area contributed by atoms with Crippen molar-refractivity contribution in [1.29, 1.82) is 0 Å². The molecule has 0 bridgehead atoms. The van der Waals surface area contributed by atoms with Crippen LogP contribution in [0.25, 0.3) is 0 Å². The summed E-state index contributed by atoms with van der Waals surface area (Å²) >= 11 is 0. The number of hydrogen-bond donors (Lipinski definition) is 1. The highest BCUT2D eigenvalue weighted by Crippen LogP contribution is 2.29. The minimum atomic E-state index is -1.02. The van der Waals surface area contributed by atoms with Crippen LogP contribution in [0, 0.1) is 0 Å². The molecule has 0 unspecified atom stereocenters. The molecule has 0 fully saturated rings. The van der Waals surface area contributed by atoms with Crippen molar-refractivity contribution in [3.63, 3.8) is 0 Å². The summed E-state index contributed by atoms with van der Waals surface area (Å²) in [4.78, 5) is 22.8. The van der Waals surface area contributed by atoms with Gasteiger partial charge in [0, 0.05) is 0 Å². The molecule has 0 aliphatic rings. The number of nitrogens with two attached hydrogens (primary N) is 1. The van der Waals surface area contributed by atoms with E-state index in [0.717, 1.165) is 0 Å². The van der Waals surface area contributed by atoms with Gasteiger partial charge in [0.05, 0.1) is 14.2 Å². The molecule has 1 amide bonds. The molecule has 0 spiro atoms. The predicted molar refractivity (Wildman–Crippen MR) is 63.6 cm³/mol. The number of methoxy groups -OCH3 is 2. The highest BCUT2D eigenvalue weighted by molar-refractivity contribution is 5.97. The SMILES string of the molecule is COc1cccc(OC)c1C(=O)O[C@@H](C)C(N)=O. The molecular formula is C12H15NO5. The molecule has 18 heavy (non-hydrogen) atoms. The molecule has 0 aliphatic carbocycles. The first kappa shape index (κ1) is 13.8. The predicted octanol–water partition coefficient (Wildman–Crippen LogP) is 0.734. The monoisotopic (exact) mass is 253 g/mol. The quantitative estimate of drug-likeness (QED) is 0.782. The summed E-state index contributed by atoms with van der Waals surface area (Å²) in [5.74, 6) is -0.847. The maximum atomic E-state index is 11.9. The molecule has 6 nitrogen and oxygen atoms in total. The molecule has 0 aromatic heterocycles. The van der Waals surface area contributed by atoms with Gasteiger partial charge in [0.15, 0.2) is 6.10 Å². The van der Waals surface area contributed by atoms with Gasteiger partial charge in [-0.25, -0.2) is 4.79 Å². The molecular weight excluding hydrogens is 238 g/mol. The lowest BCUT2D eigenvalue weighted by molar-refractivity contribution is -0.125. The number of carbonyl (C=O) groups excluding carboxylic acids is 2. The van der Waals surface area contributed by atoms with E-state index < -0.39 is 18.0 Å². The van der Waals surface area contributed by atoms with Crippen molar-refractivity contribution in [1.82, 2.24) is 0 Å². The van der Waals surface area contributed by atoms with Crippen LogP contribution in [0.4, 0.5) is 0 Å². The average molecular weight is 253 g/mol. The van der Waals surface area contributed by atoms with Crippen molar-refractivity contribution in [2.45, 2.75) is 13.0 Å². The molecule has 1 aromatic carbocycles. The fraction of sp³-hybridized carbons (Fsp3) is 0.333. The third-order valence-corrected chi connectivity index (χ3v) is 2.32. The molecule has 1 atom stereocenters. The van der Waals surface area contributed by atoms with E-state index in [2.05, 4.69) is 0 Å². The first-order valence-corrected chi connectivity index (χ1v) is 5.22. The maximum absolute atomic E-state index is 11.9. The lowest BCUT2D eigenvalue weighted by atomic mass is 10.1. The fourth-order valence-electron chi connectivity index (χ4n) is 1.33. The van der Waals surface area contributed by atoms with Gasteiger partial charge in [-0.05, 0) is 19.1 Å². The molecule has 0 radical (unpaired) electrons. The number of primary amides is 1. The van der Waals surface area contributed by atoms with Gasteiger partial charge < -0.3 is 19.9 Å². The van der Waals surface area contributed by atoms with Crippen LogP contribution in [0.1, 0.15) is 17.3 Å². The zero-order chi connectivity index (χ0) is 13.7. The summed E-state index contributed by atoms with van der Waals surface area (Å²) in [5, 5.41) is 0. The van der Waals surface area contributed by atoms with Gasteiger partial charge in [-0.15, -0.1) is 0 Å². The second-order valence-electron chi connectivity index (χ2n) is 3.49. The average Bonchev–Trinajstić information content (AvgIpc) is 2.37. The lowest BCUT2D eigenvalue weighted by Crippen LogP contribution is -2.30. The Hall–Kier alpha value is -2.24. The van der Waals surface area contributed by atoms with Crippen LogP contribution in [0.5, 0.6) is 11.5 Å². The number of rotatable bonds is 5. The summed E-state index contributed by atoms with van der Waals surface area (Å²) in [6.07, 6.45) is -1.02. The summed E-state index contributed by atoms with van der Waals surface area (Å²) in [6, 6.07) is 4.86. The maximum Gasteiger partial charge on any atom is 0.346 e. The van der Waals surface area contributed by atoms with Gasteiger partial charge in [0.25, 0.3) is 5.91 Å². The molecule has 98 valence electrons. The van der Waals surface area contributed by atoms with Crippen molar-refractivity contribution in [3.8, 4) is 11.5 Å². The zero-order valence-corrected chi connectivity index (χ0v) is 10.4. The minimum absolute atomic E-state index is 0.121. The summed E-state index contributed by atoms with van der Waals surface area (Å²) in [6.45, 7) is 1.39. The van der Waals surface area contributed by atoms with Crippen molar-refractivity contribution in [3.05, 3.63) is 23.8 Å². The number of amides is 1. The first-order valence-electron chi connectivity index (χ1n) is 5.22. The van der Waals surface area contributed by atoms with Gasteiger partial charge in [-0.3, -0.25) is 4.79 Å². The van der Waals surface area contributed by atoms with E-state index >= 15 is 0 Å². The Morgan fingerprint density at radius 2 is 1.67 bits per heavy atom. The van der Waals surface area contributed by atoms with E-state index in [1.165, 1.54) is 21.1 Å². The molecule has 1 aromatic rings. The number of esters is 1. The van der Waals surface area contributed by atoms with Crippen LogP contribution in [-0.2, 0) is 9.53 Å². The largest absolute Gasteiger partial charge is 0.496 e. The van der Waals surface area contributed by atoms with Crippen molar-refractivity contribution >= 4 is 11.9 Å². The van der Waals surface area contributed by atoms with Crippen molar-refractivity contribution in [2.75, 3.05) is 14.2 Å². The molecule has 0 heterocycles. The number of ether oxygens (including phenoxy) is 3. The molecule has 1 rings (SSSR count). The Morgan fingerprint density at radius 3 is 2.06 bits per heavy atom. The zero-order valence-electron chi connectivity index (χ0n) is 10.4. The van der Waals surface area contributed by atoms with Crippen LogP contribution >= 0.6 is 0 Å². The number of hydrogen-bond acceptors (Lipinski definition) is 5. The van der Waals surface area contributed by atoms with Crippen LogP contribution in [0.2, 0.25) is 0 Å². The normalized spacial score (nSPS) is 11.5. The Kier molecular flexibility index (Phi) is 4.53. The van der Waals surface area contributed by atoms with Crippen LogP contribution in [0.3, 0.4) is 0 Å². The Morgan fingerprint density at radius 1 is 1.17 bits per heavy atom. The topological polar surface area (TPSA) is 87.8 Å². The summed E-state index contributed by atoms with van der Waals surface area (Å²) in [5.41, 5.74) is 5.15. The highest BCUT2D eigenvalue weighted by atomic mass is 16.6. The van der Waals surface area contributed by atoms with Crippen molar-refractivity contribution in [2.24, 2.45) is 5.73 Å². The third kappa shape index (κ3) is 2.91. The highest BCUT2D eigenvalue weighted by Gasteiger charge is 2.23. The second kappa shape index (κ2) is 5.90. The van der Waals surface area contributed by atoms with Gasteiger partial charge in [0.1, 0.15) is 17.1 Å². The van der Waals surface area contributed by atoms with Gasteiger partial charge in [-0.1, -0.05) is 6.07 Å². The fourth-order valence-corrected chi connectivity index (χ4v) is 1.33. The van der Waals surface area contributed by atoms with E-state index in [0.29, 0.717) is 11.5 Å². The summed E-state index contributed by atoms with van der Waals surface area (Å²) in [7, 11) is 2.84. The minimum Gasteiger partial charge on any atom is -0.496 e. The van der Waals surface area contributed by atoms with Crippen LogP contribution in [0.15, 0.2) is 18.2 Å². The van der Waals surface area contributed by atoms with E-state index in [9.17, 15) is 9.59 Å². The molecule has 0 aliphatic heterocycles. The molecule has 0 saturated heterocycles. The van der Waals surface area contributed by atoms with Gasteiger partial charge >= 0.3 is 5.97 Å². The first-order chi connectivity index (χ1) is 8.51. The smallest absolute Gasteiger partial charge is 0.346 e. The Balaban J connectivity index is 3.07. The molecule has 0 saturated carbocycles. The second-order valence-corrected chi connectivity index (χ2v) is 3.49. The Bertz CT molecular complexity index is 436. The van der Waals surface area contributed by atoms with Crippen molar-refractivity contribution < 1.29 is 23.8 Å². The molecule has 6 heteroatoms. The lowest BCUT2D eigenvalue weighted by Gasteiger charge is -2.14. The third-order valence-electron chi connectivity index (χ3n) is 2.32. The van der Waals surface area contributed by atoms with Crippen LogP contribution in [-0.4, -0.2) is 32.2 Å². The van der Waals surface area contributed by atoms with E-state index in [1.807, 2.05) is 0 Å².